The van der Waals surface area contributed by atoms with Gasteiger partial charge in [-0.1, -0.05) is 31.5 Å². The van der Waals surface area contributed by atoms with Crippen molar-refractivity contribution in [3.63, 3.8) is 0 Å². The minimum atomic E-state index is -3.84. The minimum absolute atomic E-state index is 0.0315. The van der Waals surface area contributed by atoms with E-state index in [0.29, 0.717) is 5.89 Å². The number of benzene rings is 1. The van der Waals surface area contributed by atoms with E-state index in [0.717, 1.165) is 4.88 Å². The number of rotatable bonds is 8. The Hall–Kier alpha value is -2.27. The molecule has 0 aliphatic carbocycles. The highest BCUT2D eigenvalue weighted by Crippen LogP contribution is 2.28. The Morgan fingerprint density at radius 2 is 2.00 bits per heavy atom. The molecule has 1 unspecified atom stereocenters. The summed E-state index contributed by atoms with van der Waals surface area (Å²) in [5.41, 5.74) is 0.0509. The van der Waals surface area contributed by atoms with Gasteiger partial charge >= 0.3 is 5.97 Å². The van der Waals surface area contributed by atoms with Crippen molar-refractivity contribution in [1.82, 2.24) is 14.5 Å². The van der Waals surface area contributed by atoms with Crippen molar-refractivity contribution in [2.45, 2.75) is 31.8 Å². The Labute approximate surface area is 183 Å². The quantitative estimate of drug-likeness (QED) is 0.450. The summed E-state index contributed by atoms with van der Waals surface area (Å²) in [6.07, 6.45) is -0.822. The molecule has 160 valence electrons. The lowest BCUT2D eigenvalue weighted by Crippen LogP contribution is -2.31. The molecule has 0 radical (unpaired) electrons. The molecule has 0 aliphatic heterocycles. The van der Waals surface area contributed by atoms with Gasteiger partial charge in [0.15, 0.2) is 6.10 Å². The first-order valence-electron chi connectivity index (χ1n) is 9.15. The zero-order chi connectivity index (χ0) is 21.9. The lowest BCUT2D eigenvalue weighted by atomic mass is 10.2. The van der Waals surface area contributed by atoms with Crippen LogP contribution in [0.4, 0.5) is 0 Å². The minimum Gasteiger partial charge on any atom is -0.449 e. The van der Waals surface area contributed by atoms with Gasteiger partial charge in [0, 0.05) is 13.1 Å². The van der Waals surface area contributed by atoms with Crippen LogP contribution < -0.4 is 0 Å². The standard InChI is InChI=1S/C19H20ClN3O5S2/c1-4-23(5-2)30(25,26)16-11-13(8-9-14(16)20)19(24)27-12(3)17-21-22-18(28-17)15-7-6-10-29-15/h6-12H,4-5H2,1-3H3. The van der Waals surface area contributed by atoms with Gasteiger partial charge in [-0.2, -0.15) is 4.31 Å². The van der Waals surface area contributed by atoms with Crippen molar-refractivity contribution in [3.8, 4) is 10.8 Å². The molecule has 0 aliphatic rings. The number of esters is 1. The number of sulfonamides is 1. The summed E-state index contributed by atoms with van der Waals surface area (Å²) in [7, 11) is -3.84. The van der Waals surface area contributed by atoms with Crippen molar-refractivity contribution >= 4 is 38.9 Å². The smallest absolute Gasteiger partial charge is 0.338 e. The van der Waals surface area contributed by atoms with Crippen LogP contribution in [0.2, 0.25) is 5.02 Å². The van der Waals surface area contributed by atoms with Crippen LogP contribution in [-0.2, 0) is 14.8 Å². The van der Waals surface area contributed by atoms with Crippen LogP contribution in [0.15, 0.2) is 45.0 Å². The van der Waals surface area contributed by atoms with Gasteiger partial charge < -0.3 is 9.15 Å². The number of nitrogens with zero attached hydrogens (tertiary/aromatic N) is 3. The zero-order valence-corrected chi connectivity index (χ0v) is 18.9. The van der Waals surface area contributed by atoms with Gasteiger partial charge in [0.2, 0.25) is 10.0 Å². The van der Waals surface area contributed by atoms with Gasteiger partial charge in [0.05, 0.1) is 15.5 Å². The molecule has 0 bridgehead atoms. The maximum Gasteiger partial charge on any atom is 0.338 e. The molecular formula is C19H20ClN3O5S2. The number of aromatic nitrogens is 2. The van der Waals surface area contributed by atoms with Gasteiger partial charge in [0.25, 0.3) is 11.8 Å². The van der Waals surface area contributed by atoms with Crippen molar-refractivity contribution in [2.24, 2.45) is 0 Å². The first-order chi connectivity index (χ1) is 14.3. The van der Waals surface area contributed by atoms with Crippen molar-refractivity contribution < 1.29 is 22.4 Å². The van der Waals surface area contributed by atoms with E-state index >= 15 is 0 Å². The predicted octanol–water partition coefficient (Wildman–Crippen LogP) is 4.40. The molecule has 2 aromatic heterocycles. The molecule has 30 heavy (non-hydrogen) atoms. The number of carbonyl (C=O) groups excluding carboxylic acids is 1. The Balaban J connectivity index is 1.80. The van der Waals surface area contributed by atoms with E-state index in [1.54, 1.807) is 20.8 Å². The number of hydrogen-bond acceptors (Lipinski definition) is 8. The third kappa shape index (κ3) is 4.56. The SMILES string of the molecule is CCN(CC)S(=O)(=O)c1cc(C(=O)OC(C)c2nnc(-c3cccs3)o2)ccc1Cl. The highest BCUT2D eigenvalue weighted by atomic mass is 35.5. The molecule has 0 saturated carbocycles. The highest BCUT2D eigenvalue weighted by Gasteiger charge is 2.27. The first kappa shape index (κ1) is 22.4. The molecule has 2 heterocycles. The molecule has 8 nitrogen and oxygen atoms in total. The van der Waals surface area contributed by atoms with E-state index in [4.69, 9.17) is 20.8 Å². The van der Waals surface area contributed by atoms with E-state index in [9.17, 15) is 13.2 Å². The predicted molar refractivity (Wildman–Crippen MR) is 113 cm³/mol. The van der Waals surface area contributed by atoms with Crippen molar-refractivity contribution in [3.05, 3.63) is 52.2 Å². The Kier molecular flexibility index (Phi) is 6.91. The summed E-state index contributed by atoms with van der Waals surface area (Å²) in [5, 5.41) is 9.79. The third-order valence-corrected chi connectivity index (χ3v) is 7.68. The average Bonchev–Trinajstić information content (AvgIpc) is 3.40. The molecule has 0 N–H and O–H groups in total. The normalized spacial score (nSPS) is 12.8. The number of ether oxygens (including phenoxy) is 1. The maximum absolute atomic E-state index is 12.8. The molecule has 3 aromatic rings. The van der Waals surface area contributed by atoms with Crippen molar-refractivity contribution in [2.75, 3.05) is 13.1 Å². The fourth-order valence-electron chi connectivity index (χ4n) is 2.71. The van der Waals surface area contributed by atoms with Gasteiger partial charge in [-0.3, -0.25) is 0 Å². The van der Waals surface area contributed by atoms with E-state index < -0.39 is 22.1 Å². The Bertz CT molecular complexity index is 1130. The molecular weight excluding hydrogens is 450 g/mol. The Morgan fingerprint density at radius 3 is 2.63 bits per heavy atom. The lowest BCUT2D eigenvalue weighted by Gasteiger charge is -2.19. The fourth-order valence-corrected chi connectivity index (χ4v) is 5.31. The van der Waals surface area contributed by atoms with Crippen LogP contribution in [0.3, 0.4) is 0 Å². The van der Waals surface area contributed by atoms with E-state index in [2.05, 4.69) is 10.2 Å². The van der Waals surface area contributed by atoms with Gasteiger partial charge in [-0.15, -0.1) is 21.5 Å². The molecule has 3 rings (SSSR count). The van der Waals surface area contributed by atoms with Gasteiger partial charge in [0.1, 0.15) is 4.90 Å². The number of thiophene rings is 1. The van der Waals surface area contributed by atoms with E-state index in [-0.39, 0.29) is 34.5 Å². The van der Waals surface area contributed by atoms with Crippen LogP contribution >= 0.6 is 22.9 Å². The van der Waals surface area contributed by atoms with Gasteiger partial charge in [-0.05, 0) is 36.6 Å². The lowest BCUT2D eigenvalue weighted by molar-refractivity contribution is 0.0279. The second kappa shape index (κ2) is 9.25. The summed E-state index contributed by atoms with van der Waals surface area (Å²) < 4.78 is 37.8. The summed E-state index contributed by atoms with van der Waals surface area (Å²) >= 11 is 7.55. The Morgan fingerprint density at radius 1 is 1.27 bits per heavy atom. The third-order valence-electron chi connectivity index (χ3n) is 4.29. The molecule has 11 heteroatoms. The molecule has 0 amide bonds. The molecule has 1 atom stereocenters. The monoisotopic (exact) mass is 469 g/mol. The van der Waals surface area contributed by atoms with E-state index in [1.807, 2.05) is 17.5 Å². The largest absolute Gasteiger partial charge is 0.449 e. The second-order valence-corrected chi connectivity index (χ2v) is 9.47. The van der Waals surface area contributed by atoms with Crippen molar-refractivity contribution in [1.29, 1.82) is 0 Å². The van der Waals surface area contributed by atoms with Crippen LogP contribution in [0, 0.1) is 0 Å². The topological polar surface area (TPSA) is 103 Å². The van der Waals surface area contributed by atoms with Crippen LogP contribution in [0.5, 0.6) is 0 Å². The van der Waals surface area contributed by atoms with Crippen LogP contribution in [-0.4, -0.2) is 42.0 Å². The fraction of sp³-hybridized carbons (Fsp3) is 0.316. The van der Waals surface area contributed by atoms with Gasteiger partial charge in [-0.25, -0.2) is 13.2 Å². The average molecular weight is 470 g/mol. The zero-order valence-electron chi connectivity index (χ0n) is 16.5. The summed E-state index contributed by atoms with van der Waals surface area (Å²) in [6, 6.07) is 7.68. The number of hydrogen-bond donors (Lipinski definition) is 0. The number of carbonyl (C=O) groups is 1. The first-order valence-corrected chi connectivity index (χ1v) is 11.9. The molecule has 0 saturated heterocycles. The molecule has 0 spiro atoms. The molecule has 0 fully saturated rings. The van der Waals surface area contributed by atoms with Crippen LogP contribution in [0.1, 0.15) is 43.1 Å². The summed E-state index contributed by atoms with van der Waals surface area (Å²) in [5.74, 6) is -0.260. The van der Waals surface area contributed by atoms with E-state index in [1.165, 1.54) is 33.8 Å². The number of halogens is 1. The highest BCUT2D eigenvalue weighted by molar-refractivity contribution is 7.89. The molecule has 1 aromatic carbocycles. The maximum atomic E-state index is 12.8. The second-order valence-electron chi connectivity index (χ2n) is 6.20. The van der Waals surface area contributed by atoms with Crippen LogP contribution in [0.25, 0.3) is 10.8 Å². The summed E-state index contributed by atoms with van der Waals surface area (Å²) in [6.45, 7) is 5.61. The summed E-state index contributed by atoms with van der Waals surface area (Å²) in [4.78, 5) is 13.3.